The number of thiazole rings is 1. The standard InChI is InChI=1S/C16H19FN2OS/c1-11-15(21-10-19-11)7-8-20-16-12(3-2-4-14(16)17)9-18-13-5-6-13/h2-4,10,13,18H,5-9H2,1H3. The molecule has 0 unspecified atom stereocenters. The van der Waals surface area contributed by atoms with Gasteiger partial charge in [-0.1, -0.05) is 12.1 Å². The Balaban J connectivity index is 1.61. The van der Waals surface area contributed by atoms with E-state index in [4.69, 9.17) is 4.74 Å². The molecule has 0 atom stereocenters. The van der Waals surface area contributed by atoms with Gasteiger partial charge >= 0.3 is 0 Å². The Morgan fingerprint density at radius 3 is 3.00 bits per heavy atom. The van der Waals surface area contributed by atoms with Crippen LogP contribution in [0.3, 0.4) is 0 Å². The summed E-state index contributed by atoms with van der Waals surface area (Å²) in [6.45, 7) is 3.12. The zero-order valence-corrected chi connectivity index (χ0v) is 12.9. The van der Waals surface area contributed by atoms with E-state index in [1.807, 2.05) is 18.5 Å². The molecule has 2 aromatic rings. The second-order valence-corrected chi connectivity index (χ2v) is 6.28. The minimum atomic E-state index is -0.286. The molecular formula is C16H19FN2OS. The van der Waals surface area contributed by atoms with Crippen LogP contribution in [0.15, 0.2) is 23.7 Å². The van der Waals surface area contributed by atoms with Gasteiger partial charge in [0, 0.05) is 29.4 Å². The van der Waals surface area contributed by atoms with Crippen molar-refractivity contribution in [1.82, 2.24) is 10.3 Å². The minimum Gasteiger partial charge on any atom is -0.490 e. The maximum atomic E-state index is 14.0. The number of aromatic nitrogens is 1. The first-order chi connectivity index (χ1) is 10.2. The fourth-order valence-electron chi connectivity index (χ4n) is 2.21. The highest BCUT2D eigenvalue weighted by Gasteiger charge is 2.21. The molecule has 0 aliphatic heterocycles. The van der Waals surface area contributed by atoms with E-state index in [9.17, 15) is 4.39 Å². The van der Waals surface area contributed by atoms with Gasteiger partial charge in [0.25, 0.3) is 0 Å². The summed E-state index contributed by atoms with van der Waals surface area (Å²) >= 11 is 1.62. The van der Waals surface area contributed by atoms with E-state index in [0.717, 1.165) is 17.7 Å². The molecule has 1 aromatic heterocycles. The van der Waals surface area contributed by atoms with Crippen LogP contribution < -0.4 is 10.1 Å². The summed E-state index contributed by atoms with van der Waals surface area (Å²) in [5.74, 6) is 0.0962. The van der Waals surface area contributed by atoms with E-state index >= 15 is 0 Å². The van der Waals surface area contributed by atoms with Gasteiger partial charge in [-0.15, -0.1) is 11.3 Å². The van der Waals surface area contributed by atoms with Crippen LogP contribution in [-0.2, 0) is 13.0 Å². The predicted octanol–water partition coefficient (Wildman–Crippen LogP) is 3.46. The first kappa shape index (κ1) is 14.5. The minimum absolute atomic E-state index is 0.286. The van der Waals surface area contributed by atoms with E-state index in [0.29, 0.717) is 24.9 Å². The number of nitrogens with one attached hydrogen (secondary N) is 1. The van der Waals surface area contributed by atoms with E-state index in [-0.39, 0.29) is 5.82 Å². The van der Waals surface area contributed by atoms with Gasteiger partial charge in [0.2, 0.25) is 0 Å². The van der Waals surface area contributed by atoms with E-state index in [1.54, 1.807) is 17.4 Å². The average Bonchev–Trinajstić information content (AvgIpc) is 3.22. The topological polar surface area (TPSA) is 34.1 Å². The van der Waals surface area contributed by atoms with E-state index in [2.05, 4.69) is 10.3 Å². The zero-order valence-electron chi connectivity index (χ0n) is 12.1. The van der Waals surface area contributed by atoms with Crippen molar-refractivity contribution in [3.63, 3.8) is 0 Å². The summed E-state index contributed by atoms with van der Waals surface area (Å²) in [6, 6.07) is 5.71. The third kappa shape index (κ3) is 3.80. The van der Waals surface area contributed by atoms with Crippen molar-refractivity contribution in [1.29, 1.82) is 0 Å². The Hall–Kier alpha value is -1.46. The molecule has 1 aliphatic carbocycles. The number of para-hydroxylation sites is 1. The SMILES string of the molecule is Cc1ncsc1CCOc1c(F)cccc1CNC1CC1. The molecule has 0 bridgehead atoms. The second-order valence-electron chi connectivity index (χ2n) is 5.34. The normalized spacial score (nSPS) is 14.4. The number of hydrogen-bond donors (Lipinski definition) is 1. The molecular weight excluding hydrogens is 287 g/mol. The van der Waals surface area contributed by atoms with Crippen molar-refractivity contribution < 1.29 is 9.13 Å². The third-order valence-electron chi connectivity index (χ3n) is 3.63. The average molecular weight is 306 g/mol. The molecule has 0 spiro atoms. The smallest absolute Gasteiger partial charge is 0.165 e. The number of nitrogens with zero attached hydrogens (tertiary/aromatic N) is 1. The summed E-state index contributed by atoms with van der Waals surface area (Å²) in [5.41, 5.74) is 3.76. The van der Waals surface area contributed by atoms with Gasteiger partial charge in [0.05, 0.1) is 17.8 Å². The Morgan fingerprint density at radius 1 is 1.43 bits per heavy atom. The van der Waals surface area contributed by atoms with Crippen molar-refractivity contribution in [3.8, 4) is 5.75 Å². The number of halogens is 1. The number of ether oxygens (including phenoxy) is 1. The number of hydrogen-bond acceptors (Lipinski definition) is 4. The molecule has 21 heavy (non-hydrogen) atoms. The van der Waals surface area contributed by atoms with Gasteiger partial charge in [-0.2, -0.15) is 0 Å². The van der Waals surface area contributed by atoms with Crippen LogP contribution in [0.25, 0.3) is 0 Å². The molecule has 1 aromatic carbocycles. The molecule has 1 saturated carbocycles. The van der Waals surface area contributed by atoms with Gasteiger partial charge in [0.1, 0.15) is 0 Å². The lowest BCUT2D eigenvalue weighted by molar-refractivity contribution is 0.301. The van der Waals surface area contributed by atoms with Crippen LogP contribution >= 0.6 is 11.3 Å². The quantitative estimate of drug-likeness (QED) is 0.850. The molecule has 112 valence electrons. The lowest BCUT2D eigenvalue weighted by atomic mass is 10.2. The van der Waals surface area contributed by atoms with Crippen LogP contribution in [0.1, 0.15) is 29.0 Å². The summed E-state index contributed by atoms with van der Waals surface area (Å²) in [4.78, 5) is 5.41. The highest BCUT2D eigenvalue weighted by Crippen LogP contribution is 2.25. The number of rotatable bonds is 7. The monoisotopic (exact) mass is 306 g/mol. The molecule has 0 radical (unpaired) electrons. The fourth-order valence-corrected chi connectivity index (χ4v) is 2.97. The summed E-state index contributed by atoms with van der Waals surface area (Å²) in [7, 11) is 0. The molecule has 1 heterocycles. The van der Waals surface area contributed by atoms with Crippen molar-refractivity contribution in [3.05, 3.63) is 45.7 Å². The highest BCUT2D eigenvalue weighted by molar-refractivity contribution is 7.09. The molecule has 3 rings (SSSR count). The molecule has 1 aliphatic rings. The van der Waals surface area contributed by atoms with E-state index < -0.39 is 0 Å². The van der Waals surface area contributed by atoms with Gasteiger partial charge in [-0.05, 0) is 25.8 Å². The van der Waals surface area contributed by atoms with Gasteiger partial charge in [-0.25, -0.2) is 9.37 Å². The first-order valence-corrected chi connectivity index (χ1v) is 8.14. The van der Waals surface area contributed by atoms with Crippen LogP contribution in [0.5, 0.6) is 5.75 Å². The number of aryl methyl sites for hydroxylation is 1. The first-order valence-electron chi connectivity index (χ1n) is 7.26. The van der Waals surface area contributed by atoms with Crippen molar-refractivity contribution >= 4 is 11.3 Å². The molecule has 1 fully saturated rings. The van der Waals surface area contributed by atoms with Crippen LogP contribution in [0.2, 0.25) is 0 Å². The van der Waals surface area contributed by atoms with Gasteiger partial charge in [0.15, 0.2) is 11.6 Å². The largest absolute Gasteiger partial charge is 0.490 e. The van der Waals surface area contributed by atoms with Crippen molar-refractivity contribution in [2.24, 2.45) is 0 Å². The molecule has 1 N–H and O–H groups in total. The lowest BCUT2D eigenvalue weighted by Gasteiger charge is -2.12. The highest BCUT2D eigenvalue weighted by atomic mass is 32.1. The third-order valence-corrected chi connectivity index (χ3v) is 4.62. The zero-order chi connectivity index (χ0) is 14.7. The maximum Gasteiger partial charge on any atom is 0.165 e. The maximum absolute atomic E-state index is 14.0. The number of benzene rings is 1. The van der Waals surface area contributed by atoms with Crippen molar-refractivity contribution in [2.45, 2.75) is 38.8 Å². The summed E-state index contributed by atoms with van der Waals surface area (Å²) in [5, 5.41) is 3.40. The van der Waals surface area contributed by atoms with Gasteiger partial charge < -0.3 is 10.1 Å². The lowest BCUT2D eigenvalue weighted by Crippen LogP contribution is -2.16. The molecule has 5 heteroatoms. The summed E-state index contributed by atoms with van der Waals surface area (Å²) < 4.78 is 19.7. The van der Waals surface area contributed by atoms with Crippen LogP contribution in [0, 0.1) is 12.7 Å². The Kier molecular flexibility index (Phi) is 4.51. The fraction of sp³-hybridized carbons (Fsp3) is 0.438. The Morgan fingerprint density at radius 2 is 2.29 bits per heavy atom. The molecule has 0 amide bonds. The second kappa shape index (κ2) is 6.54. The molecule has 0 saturated heterocycles. The van der Waals surface area contributed by atoms with Crippen LogP contribution in [-0.4, -0.2) is 17.6 Å². The molecule has 3 nitrogen and oxygen atoms in total. The van der Waals surface area contributed by atoms with Crippen LogP contribution in [0.4, 0.5) is 4.39 Å². The summed E-state index contributed by atoms with van der Waals surface area (Å²) in [6.07, 6.45) is 3.20. The van der Waals surface area contributed by atoms with Gasteiger partial charge in [-0.3, -0.25) is 0 Å². The van der Waals surface area contributed by atoms with Crippen molar-refractivity contribution in [2.75, 3.05) is 6.61 Å². The predicted molar refractivity (Wildman–Crippen MR) is 82.3 cm³/mol. The van der Waals surface area contributed by atoms with E-state index in [1.165, 1.54) is 23.8 Å². The Labute approximate surface area is 128 Å². The Bertz CT molecular complexity index is 610.